The Morgan fingerprint density at radius 3 is 2.39 bits per heavy atom. The third-order valence-corrected chi connectivity index (χ3v) is 3.68. The molecule has 94 valence electrons. The highest BCUT2D eigenvalue weighted by Crippen LogP contribution is 2.29. The Labute approximate surface area is 115 Å². The second kappa shape index (κ2) is 4.82. The zero-order valence-corrected chi connectivity index (χ0v) is 12.0. The van der Waals surface area contributed by atoms with Gasteiger partial charge in [-0.25, -0.2) is 4.39 Å². The first-order chi connectivity index (χ1) is 8.41. The van der Waals surface area contributed by atoms with E-state index in [1.165, 1.54) is 6.07 Å². The van der Waals surface area contributed by atoms with Gasteiger partial charge in [0.25, 0.3) is 0 Å². The Morgan fingerprint density at radius 2 is 1.78 bits per heavy atom. The monoisotopic (exact) mass is 307 g/mol. The minimum absolute atomic E-state index is 0.205. The summed E-state index contributed by atoms with van der Waals surface area (Å²) in [6.45, 7) is 3.68. The van der Waals surface area contributed by atoms with Crippen molar-refractivity contribution in [3.8, 4) is 0 Å². The molecule has 2 N–H and O–H groups in total. The second-order valence-corrected chi connectivity index (χ2v) is 5.59. The lowest BCUT2D eigenvalue weighted by Crippen LogP contribution is -2.34. The van der Waals surface area contributed by atoms with E-state index in [2.05, 4.69) is 15.9 Å². The van der Waals surface area contributed by atoms with E-state index >= 15 is 0 Å². The standard InChI is InChI=1S/C15H15BrFN/c1-10-8-12(6-7-14(10)17)15(2,18)11-4-3-5-13(16)9-11/h3-9H,18H2,1-2H3. The van der Waals surface area contributed by atoms with Gasteiger partial charge in [0, 0.05) is 4.47 Å². The third-order valence-electron chi connectivity index (χ3n) is 3.18. The van der Waals surface area contributed by atoms with E-state index in [9.17, 15) is 4.39 Å². The third kappa shape index (κ3) is 2.47. The molecule has 0 radical (unpaired) electrons. The Bertz CT molecular complexity index is 578. The first-order valence-electron chi connectivity index (χ1n) is 5.73. The molecule has 0 spiro atoms. The van der Waals surface area contributed by atoms with Gasteiger partial charge < -0.3 is 5.73 Å². The maximum Gasteiger partial charge on any atom is 0.126 e. The van der Waals surface area contributed by atoms with Gasteiger partial charge in [0.1, 0.15) is 5.82 Å². The van der Waals surface area contributed by atoms with E-state index in [0.717, 1.165) is 15.6 Å². The van der Waals surface area contributed by atoms with E-state index in [-0.39, 0.29) is 5.82 Å². The van der Waals surface area contributed by atoms with Gasteiger partial charge in [-0.1, -0.05) is 40.2 Å². The molecule has 2 rings (SSSR count). The summed E-state index contributed by atoms with van der Waals surface area (Å²) in [6, 6.07) is 12.9. The summed E-state index contributed by atoms with van der Waals surface area (Å²) in [4.78, 5) is 0. The summed E-state index contributed by atoms with van der Waals surface area (Å²) in [5.41, 5.74) is 8.27. The lowest BCUT2D eigenvalue weighted by Gasteiger charge is -2.26. The van der Waals surface area contributed by atoms with Gasteiger partial charge in [-0.3, -0.25) is 0 Å². The molecule has 2 aromatic carbocycles. The molecule has 0 fully saturated rings. The molecule has 2 aromatic rings. The van der Waals surface area contributed by atoms with Crippen LogP contribution >= 0.6 is 15.9 Å². The molecule has 0 saturated carbocycles. The second-order valence-electron chi connectivity index (χ2n) is 4.68. The molecule has 0 aromatic heterocycles. The largest absolute Gasteiger partial charge is 0.318 e. The maximum absolute atomic E-state index is 13.3. The summed E-state index contributed by atoms with van der Waals surface area (Å²) in [7, 11) is 0. The number of hydrogen-bond donors (Lipinski definition) is 1. The number of rotatable bonds is 2. The molecule has 1 unspecified atom stereocenters. The molecule has 0 aliphatic carbocycles. The molecule has 1 atom stereocenters. The molecule has 1 nitrogen and oxygen atoms in total. The van der Waals surface area contributed by atoms with Crippen molar-refractivity contribution in [1.29, 1.82) is 0 Å². The maximum atomic E-state index is 13.3. The van der Waals surface area contributed by atoms with Crippen molar-refractivity contribution in [2.75, 3.05) is 0 Å². The van der Waals surface area contributed by atoms with Gasteiger partial charge in [0.2, 0.25) is 0 Å². The van der Waals surface area contributed by atoms with Crippen LogP contribution < -0.4 is 5.73 Å². The highest BCUT2D eigenvalue weighted by Gasteiger charge is 2.24. The van der Waals surface area contributed by atoms with Crippen LogP contribution in [0.4, 0.5) is 4.39 Å². The Balaban J connectivity index is 2.50. The van der Waals surface area contributed by atoms with E-state index in [4.69, 9.17) is 5.73 Å². The molecule has 0 aliphatic rings. The molecule has 0 amide bonds. The minimum Gasteiger partial charge on any atom is -0.318 e. The molecule has 0 saturated heterocycles. The van der Waals surface area contributed by atoms with Crippen LogP contribution in [0, 0.1) is 12.7 Å². The summed E-state index contributed by atoms with van der Waals surface area (Å²) in [5, 5.41) is 0. The summed E-state index contributed by atoms with van der Waals surface area (Å²) < 4.78 is 14.3. The molecule has 0 heterocycles. The Hall–Kier alpha value is -1.19. The number of nitrogens with two attached hydrogens (primary N) is 1. The lowest BCUT2D eigenvalue weighted by atomic mass is 9.85. The van der Waals surface area contributed by atoms with Crippen molar-refractivity contribution < 1.29 is 4.39 Å². The molecular formula is C15H15BrFN. The van der Waals surface area contributed by atoms with E-state index < -0.39 is 5.54 Å². The van der Waals surface area contributed by atoms with E-state index in [1.54, 1.807) is 19.1 Å². The van der Waals surface area contributed by atoms with Crippen LogP contribution in [-0.2, 0) is 5.54 Å². The summed E-state index contributed by atoms with van der Waals surface area (Å²) in [5.74, 6) is -0.205. The van der Waals surface area contributed by atoms with Crippen LogP contribution in [0.1, 0.15) is 23.6 Å². The van der Waals surface area contributed by atoms with Crippen LogP contribution in [0.5, 0.6) is 0 Å². The fraction of sp³-hybridized carbons (Fsp3) is 0.200. The first-order valence-corrected chi connectivity index (χ1v) is 6.52. The van der Waals surface area contributed by atoms with Crippen molar-refractivity contribution in [1.82, 2.24) is 0 Å². The molecule has 18 heavy (non-hydrogen) atoms. The van der Waals surface area contributed by atoms with Crippen LogP contribution in [0.15, 0.2) is 46.9 Å². The zero-order chi connectivity index (χ0) is 13.3. The fourth-order valence-electron chi connectivity index (χ4n) is 1.95. The predicted molar refractivity (Wildman–Crippen MR) is 75.9 cm³/mol. The average Bonchev–Trinajstić information content (AvgIpc) is 2.32. The van der Waals surface area contributed by atoms with Gasteiger partial charge in [0.15, 0.2) is 0 Å². The van der Waals surface area contributed by atoms with Gasteiger partial charge in [-0.05, 0) is 48.7 Å². The van der Waals surface area contributed by atoms with Crippen LogP contribution in [0.25, 0.3) is 0 Å². The van der Waals surface area contributed by atoms with Crippen LogP contribution in [-0.4, -0.2) is 0 Å². The average molecular weight is 308 g/mol. The topological polar surface area (TPSA) is 26.0 Å². The summed E-state index contributed by atoms with van der Waals surface area (Å²) >= 11 is 3.44. The minimum atomic E-state index is -0.637. The van der Waals surface area contributed by atoms with Crippen molar-refractivity contribution in [3.05, 3.63) is 69.4 Å². The molecular weight excluding hydrogens is 293 g/mol. The van der Waals surface area contributed by atoms with Crippen LogP contribution in [0.3, 0.4) is 0 Å². The fourth-order valence-corrected chi connectivity index (χ4v) is 2.35. The SMILES string of the molecule is Cc1cc(C(C)(N)c2cccc(Br)c2)ccc1F. The molecule has 0 bridgehead atoms. The van der Waals surface area contributed by atoms with Crippen molar-refractivity contribution in [2.45, 2.75) is 19.4 Å². The zero-order valence-electron chi connectivity index (χ0n) is 10.4. The smallest absolute Gasteiger partial charge is 0.126 e. The number of halogens is 2. The van der Waals surface area contributed by atoms with Crippen molar-refractivity contribution in [3.63, 3.8) is 0 Å². The number of benzene rings is 2. The molecule has 0 aliphatic heterocycles. The quantitative estimate of drug-likeness (QED) is 0.887. The van der Waals surface area contributed by atoms with E-state index in [1.807, 2.05) is 31.2 Å². The molecule has 3 heteroatoms. The summed E-state index contributed by atoms with van der Waals surface area (Å²) in [6.07, 6.45) is 0. The lowest BCUT2D eigenvalue weighted by molar-refractivity contribution is 0.588. The first kappa shape index (κ1) is 13.2. The van der Waals surface area contributed by atoms with Crippen molar-refractivity contribution in [2.24, 2.45) is 5.73 Å². The number of hydrogen-bond acceptors (Lipinski definition) is 1. The predicted octanol–water partition coefficient (Wildman–Crippen LogP) is 4.12. The Morgan fingerprint density at radius 1 is 1.11 bits per heavy atom. The van der Waals surface area contributed by atoms with Crippen molar-refractivity contribution >= 4 is 15.9 Å². The van der Waals surface area contributed by atoms with Gasteiger partial charge in [-0.2, -0.15) is 0 Å². The number of aryl methyl sites for hydroxylation is 1. The highest BCUT2D eigenvalue weighted by atomic mass is 79.9. The van der Waals surface area contributed by atoms with Gasteiger partial charge in [0.05, 0.1) is 5.54 Å². The van der Waals surface area contributed by atoms with Gasteiger partial charge >= 0.3 is 0 Å². The Kier molecular flexibility index (Phi) is 3.55. The normalized spacial score (nSPS) is 14.3. The van der Waals surface area contributed by atoms with E-state index in [0.29, 0.717) is 5.56 Å². The highest BCUT2D eigenvalue weighted by molar-refractivity contribution is 9.10. The van der Waals surface area contributed by atoms with Gasteiger partial charge in [-0.15, -0.1) is 0 Å². The van der Waals surface area contributed by atoms with Crippen LogP contribution in [0.2, 0.25) is 0 Å².